The van der Waals surface area contributed by atoms with Crippen LogP contribution in [0.25, 0.3) is 0 Å². The van der Waals surface area contributed by atoms with Crippen molar-refractivity contribution in [3.63, 3.8) is 0 Å². The van der Waals surface area contributed by atoms with Crippen LogP contribution in [0.2, 0.25) is 0 Å². The molecule has 0 aliphatic carbocycles. The summed E-state index contributed by atoms with van der Waals surface area (Å²) < 4.78 is 45.0. The molecule has 10 heteroatoms. The van der Waals surface area contributed by atoms with Crippen LogP contribution in [0.4, 0.5) is 0 Å². The van der Waals surface area contributed by atoms with Crippen molar-refractivity contribution in [3.05, 3.63) is 9.81 Å². The Morgan fingerprint density at radius 3 is 1.29 bits per heavy atom. The Morgan fingerprint density at radius 2 is 1.05 bits per heavy atom. The first-order valence-corrected chi connectivity index (χ1v) is 10.2. The zero-order valence-corrected chi connectivity index (χ0v) is 14.0. The number of rotatable bonds is 12. The molecule has 0 fully saturated rings. The molecule has 0 amide bonds. The molecule has 0 radical (unpaired) electrons. The van der Waals surface area contributed by atoms with Gasteiger partial charge in [-0.25, -0.2) is 16.8 Å². The lowest BCUT2D eigenvalue weighted by Crippen LogP contribution is -2.45. The molecule has 21 heavy (non-hydrogen) atoms. The van der Waals surface area contributed by atoms with Gasteiger partial charge in [0.15, 0.2) is 0 Å². The number of nitroso groups, excluding NO2 is 2. The molecule has 0 aromatic heterocycles. The summed E-state index contributed by atoms with van der Waals surface area (Å²) in [5.41, 5.74) is 0. The molecule has 0 spiro atoms. The first-order chi connectivity index (χ1) is 9.74. The van der Waals surface area contributed by atoms with Gasteiger partial charge in [-0.2, -0.15) is 0 Å². The third-order valence-corrected chi connectivity index (χ3v) is 8.17. The fourth-order valence-corrected chi connectivity index (χ4v) is 5.99. The van der Waals surface area contributed by atoms with Crippen LogP contribution in [0.5, 0.6) is 0 Å². The van der Waals surface area contributed by atoms with Gasteiger partial charge in [-0.15, -0.1) is 9.81 Å². The van der Waals surface area contributed by atoms with Gasteiger partial charge in [0.1, 0.15) is 0 Å². The second-order valence-electron chi connectivity index (χ2n) is 4.78. The largest absolute Gasteiger partial charge is 0.426 e. The number of sulfone groups is 2. The Balaban J connectivity index is 5.51. The van der Waals surface area contributed by atoms with Gasteiger partial charge in [-0.1, -0.05) is 39.5 Å². The Kier molecular flexibility index (Phi) is 8.16. The van der Waals surface area contributed by atoms with Crippen LogP contribution in [0.1, 0.15) is 52.4 Å². The van der Waals surface area contributed by atoms with Crippen LogP contribution >= 0.6 is 0 Å². The number of hydrogen-bond acceptors (Lipinski definition) is 8. The zero-order valence-electron chi connectivity index (χ0n) is 12.3. The molecule has 0 bridgehead atoms. The van der Waals surface area contributed by atoms with Gasteiger partial charge in [0.2, 0.25) is 19.7 Å². The first-order valence-electron chi connectivity index (χ1n) is 6.88. The lowest BCUT2D eigenvalue weighted by molar-refractivity contribution is 0.539. The van der Waals surface area contributed by atoms with E-state index in [0.717, 1.165) is 0 Å². The molecule has 0 saturated heterocycles. The molecule has 0 unspecified atom stereocenters. The average molecular weight is 342 g/mol. The number of nitrogens with zero attached hydrogens (tertiary/aromatic N) is 2. The normalized spacial score (nSPS) is 13.0. The van der Waals surface area contributed by atoms with Crippen molar-refractivity contribution in [1.82, 2.24) is 0 Å². The summed E-state index contributed by atoms with van der Waals surface area (Å²) in [4.78, 5) is 21.8. The first kappa shape index (κ1) is 20.1. The third-order valence-electron chi connectivity index (χ3n) is 3.07. The van der Waals surface area contributed by atoms with E-state index < -0.39 is 35.5 Å². The van der Waals surface area contributed by atoms with Gasteiger partial charge in [0, 0.05) is 0 Å². The minimum atomic E-state index is -4.60. The van der Waals surface area contributed by atoms with Crippen molar-refractivity contribution in [3.8, 4) is 0 Å². The smallest absolute Gasteiger partial charge is 0.223 e. The highest BCUT2D eigenvalue weighted by atomic mass is 32.3. The Bertz CT molecular complexity index is 491. The van der Waals surface area contributed by atoms with E-state index in [-0.39, 0.29) is 12.8 Å². The van der Waals surface area contributed by atoms with E-state index in [0.29, 0.717) is 25.7 Å². The highest BCUT2D eigenvalue weighted by Gasteiger charge is 2.59. The van der Waals surface area contributed by atoms with Crippen LogP contribution in [-0.4, -0.2) is 32.7 Å². The summed E-state index contributed by atoms with van der Waals surface area (Å²) in [6.45, 7) is 3.66. The second kappa shape index (κ2) is 8.52. The van der Waals surface area contributed by atoms with E-state index in [2.05, 4.69) is 10.4 Å². The quantitative estimate of drug-likeness (QED) is 0.395. The van der Waals surface area contributed by atoms with E-state index in [9.17, 15) is 26.6 Å². The van der Waals surface area contributed by atoms with Crippen molar-refractivity contribution in [2.45, 2.75) is 56.7 Å². The van der Waals surface area contributed by atoms with Crippen LogP contribution in [0.15, 0.2) is 10.4 Å². The summed E-state index contributed by atoms with van der Waals surface area (Å²) >= 11 is 0. The predicted octanol–water partition coefficient (Wildman–Crippen LogP) is 2.34. The van der Waals surface area contributed by atoms with E-state index in [1.807, 2.05) is 13.8 Å². The standard InChI is InChI=1S/C11H22N2O6S2/c1-3-5-7-9-20(16,17)11(12-14,13-15)21(18,19)10-8-6-4-2/h3-10H2,1-2H3. The minimum Gasteiger partial charge on any atom is -0.223 e. The fraction of sp³-hybridized carbons (Fsp3) is 1.00. The zero-order chi connectivity index (χ0) is 16.6. The van der Waals surface area contributed by atoms with Gasteiger partial charge >= 0.3 is 4.33 Å². The minimum absolute atomic E-state index is 0.149. The summed E-state index contributed by atoms with van der Waals surface area (Å²) in [5.74, 6) is -1.21. The molecule has 0 N–H and O–H groups in total. The molecule has 0 aromatic rings. The van der Waals surface area contributed by atoms with Crippen molar-refractivity contribution < 1.29 is 16.8 Å². The van der Waals surface area contributed by atoms with E-state index in [1.165, 1.54) is 0 Å². The summed E-state index contributed by atoms with van der Waals surface area (Å²) in [6, 6.07) is 0. The lowest BCUT2D eigenvalue weighted by Gasteiger charge is -2.19. The third kappa shape index (κ3) is 4.53. The number of unbranched alkanes of at least 4 members (excludes halogenated alkanes) is 4. The van der Waals surface area contributed by atoms with Gasteiger partial charge in [0.05, 0.1) is 11.5 Å². The maximum absolute atomic E-state index is 12.1. The second-order valence-corrected chi connectivity index (χ2v) is 9.46. The summed E-state index contributed by atoms with van der Waals surface area (Å²) in [6.07, 6.45) is 2.77. The Morgan fingerprint density at radius 1 is 0.714 bits per heavy atom. The summed E-state index contributed by atoms with van der Waals surface area (Å²) in [7, 11) is -9.19. The molecule has 0 aliphatic heterocycles. The van der Waals surface area contributed by atoms with Gasteiger partial charge in [-0.3, -0.25) is 0 Å². The van der Waals surface area contributed by atoms with Crippen molar-refractivity contribution in [2.24, 2.45) is 10.4 Å². The SMILES string of the molecule is CCCCCS(=O)(=O)C(N=O)(N=O)S(=O)(=O)CCCCC. The molecular formula is C11H22N2O6S2. The van der Waals surface area contributed by atoms with E-state index >= 15 is 0 Å². The fourth-order valence-electron chi connectivity index (χ4n) is 1.79. The molecule has 8 nitrogen and oxygen atoms in total. The van der Waals surface area contributed by atoms with Crippen LogP contribution in [0.3, 0.4) is 0 Å². The molecule has 0 aliphatic rings. The van der Waals surface area contributed by atoms with Crippen LogP contribution in [-0.2, 0) is 19.7 Å². The van der Waals surface area contributed by atoms with Gasteiger partial charge in [-0.05, 0) is 23.2 Å². The van der Waals surface area contributed by atoms with Crippen molar-refractivity contribution >= 4 is 19.7 Å². The monoisotopic (exact) mass is 342 g/mol. The molecule has 0 saturated carbocycles. The van der Waals surface area contributed by atoms with Gasteiger partial charge in [0.25, 0.3) is 0 Å². The molecular weight excluding hydrogens is 320 g/mol. The van der Waals surface area contributed by atoms with E-state index in [4.69, 9.17) is 0 Å². The predicted molar refractivity (Wildman–Crippen MR) is 80.9 cm³/mol. The average Bonchev–Trinajstić information content (AvgIpc) is 2.40. The maximum atomic E-state index is 12.1. The Labute approximate surface area is 125 Å². The van der Waals surface area contributed by atoms with Crippen molar-refractivity contribution in [2.75, 3.05) is 11.5 Å². The lowest BCUT2D eigenvalue weighted by atomic mass is 10.3. The van der Waals surface area contributed by atoms with Crippen molar-refractivity contribution in [1.29, 1.82) is 0 Å². The van der Waals surface area contributed by atoms with Crippen LogP contribution < -0.4 is 0 Å². The van der Waals surface area contributed by atoms with Gasteiger partial charge < -0.3 is 0 Å². The molecule has 0 aromatic carbocycles. The molecule has 0 rings (SSSR count). The van der Waals surface area contributed by atoms with Crippen LogP contribution in [0, 0.1) is 9.81 Å². The highest BCUT2D eigenvalue weighted by Crippen LogP contribution is 2.31. The number of hydrogen-bond donors (Lipinski definition) is 0. The highest BCUT2D eigenvalue weighted by molar-refractivity contribution is 8.10. The summed E-state index contributed by atoms with van der Waals surface area (Å²) in [5, 5.41) is 4.27. The maximum Gasteiger partial charge on any atom is 0.426 e. The topological polar surface area (TPSA) is 127 Å². The molecule has 124 valence electrons. The Hall–Kier alpha value is -0.900. The molecule has 0 heterocycles. The molecule has 0 atom stereocenters. The van der Waals surface area contributed by atoms with E-state index in [1.54, 1.807) is 0 Å².